The molecule has 0 atom stereocenters. The molecule has 10 rings (SSSR count). The first-order valence-electron chi connectivity index (χ1n) is 22.1. The molecule has 8 aromatic carbocycles. The first kappa shape index (κ1) is 40.3. The van der Waals surface area contributed by atoms with Gasteiger partial charge in [0.1, 0.15) is 0 Å². The van der Waals surface area contributed by atoms with Gasteiger partial charge in [0.2, 0.25) is 6.71 Å². The SMILES string of the molecule is CC(C)c1cc(C(C)C)c(B2c3ccccc3N(c3ccc(P4(=O)c5ccccc5S(c5ccccc5)(c5ccccc5)c5ccccc54)cc3)c3ccccc32)c(C(C)C)c1. The van der Waals surface area contributed by atoms with Crippen LogP contribution in [0.3, 0.4) is 0 Å². The van der Waals surface area contributed by atoms with Crippen molar-refractivity contribution in [1.29, 1.82) is 0 Å². The van der Waals surface area contributed by atoms with Crippen molar-refractivity contribution < 1.29 is 4.57 Å². The van der Waals surface area contributed by atoms with Crippen LogP contribution in [0, 0.1) is 0 Å². The summed E-state index contributed by atoms with van der Waals surface area (Å²) in [6, 6.07) is 70.5. The lowest BCUT2D eigenvalue weighted by atomic mass is 9.33. The van der Waals surface area contributed by atoms with Crippen molar-refractivity contribution in [1.82, 2.24) is 0 Å². The van der Waals surface area contributed by atoms with E-state index < -0.39 is 17.2 Å². The van der Waals surface area contributed by atoms with Gasteiger partial charge in [0.15, 0.2) is 7.14 Å². The monoisotopic (exact) mass is 841 g/mol. The van der Waals surface area contributed by atoms with Crippen molar-refractivity contribution in [3.8, 4) is 0 Å². The van der Waals surface area contributed by atoms with Crippen LogP contribution in [0.15, 0.2) is 214 Å². The van der Waals surface area contributed by atoms with Gasteiger partial charge in [0, 0.05) is 52.6 Å². The summed E-state index contributed by atoms with van der Waals surface area (Å²) in [7, 11) is -5.33. The van der Waals surface area contributed by atoms with Crippen LogP contribution in [-0.2, 0) is 4.57 Å². The Bertz CT molecular complexity index is 2830. The van der Waals surface area contributed by atoms with E-state index >= 15 is 4.57 Å². The fourth-order valence-electron chi connectivity index (χ4n) is 10.3. The van der Waals surface area contributed by atoms with Crippen molar-refractivity contribution in [3.63, 3.8) is 0 Å². The van der Waals surface area contributed by atoms with E-state index in [1.54, 1.807) is 0 Å². The Hall–Kier alpha value is -5.80. The summed E-state index contributed by atoms with van der Waals surface area (Å²) in [5, 5.41) is 2.70. The first-order valence-corrected chi connectivity index (χ1v) is 25.5. The van der Waals surface area contributed by atoms with E-state index in [2.05, 4.69) is 241 Å². The van der Waals surface area contributed by atoms with Crippen LogP contribution in [0.5, 0.6) is 0 Å². The van der Waals surface area contributed by atoms with E-state index in [0.29, 0.717) is 17.8 Å². The van der Waals surface area contributed by atoms with Gasteiger partial charge in [0.25, 0.3) is 0 Å². The maximum atomic E-state index is 16.6. The minimum atomic E-state index is -3.35. The number of rotatable bonds is 8. The molecule has 2 aliphatic heterocycles. The lowest BCUT2D eigenvalue weighted by Gasteiger charge is -2.48. The van der Waals surface area contributed by atoms with Crippen LogP contribution < -0.4 is 37.2 Å². The molecule has 2 nitrogen and oxygen atoms in total. The Labute approximate surface area is 370 Å². The number of anilines is 3. The maximum Gasteiger partial charge on any atom is 0.247 e. The summed E-state index contributed by atoms with van der Waals surface area (Å²) >= 11 is 0. The molecule has 0 amide bonds. The van der Waals surface area contributed by atoms with E-state index in [0.717, 1.165) is 31.4 Å². The summed E-state index contributed by atoms with van der Waals surface area (Å²) in [4.78, 5) is 7.21. The van der Waals surface area contributed by atoms with Gasteiger partial charge in [-0.05, 0) is 130 Å². The fourth-order valence-corrected chi connectivity index (χ4v) is 18.6. The third kappa shape index (κ3) is 6.13. The average molecular weight is 842 g/mol. The van der Waals surface area contributed by atoms with Crippen molar-refractivity contribution in [2.24, 2.45) is 0 Å². The Morgan fingerprint density at radius 3 is 1.34 bits per heavy atom. The third-order valence-corrected chi connectivity index (χ3v) is 20.6. The average Bonchev–Trinajstić information content (AvgIpc) is 3.31. The highest BCUT2D eigenvalue weighted by atomic mass is 32.3. The number of fused-ring (bicyclic) bond motifs is 4. The van der Waals surface area contributed by atoms with Crippen LogP contribution in [0.1, 0.15) is 76.0 Å². The zero-order valence-electron chi connectivity index (χ0n) is 36.5. The zero-order chi connectivity index (χ0) is 42.8. The summed E-state index contributed by atoms with van der Waals surface area (Å²) in [6.45, 7) is 14.1. The van der Waals surface area contributed by atoms with Gasteiger partial charge < -0.3 is 9.46 Å². The second kappa shape index (κ2) is 15.8. The van der Waals surface area contributed by atoms with Gasteiger partial charge in [-0.1, -0.05) is 156 Å². The van der Waals surface area contributed by atoms with Crippen molar-refractivity contribution in [3.05, 3.63) is 211 Å². The van der Waals surface area contributed by atoms with Crippen molar-refractivity contribution >= 4 is 73.2 Å². The number of hydrogen-bond acceptors (Lipinski definition) is 2. The first-order chi connectivity index (χ1) is 30.1. The molecule has 0 spiro atoms. The normalized spacial score (nSPS) is 15.2. The van der Waals surface area contributed by atoms with Gasteiger partial charge in [-0.15, -0.1) is 10.0 Å². The summed E-state index contributed by atoms with van der Waals surface area (Å²) < 4.78 is 16.6. The van der Waals surface area contributed by atoms with E-state index in [-0.39, 0.29) is 6.71 Å². The van der Waals surface area contributed by atoms with Crippen LogP contribution in [0.25, 0.3) is 0 Å². The van der Waals surface area contributed by atoms with E-state index in [1.165, 1.54) is 54.2 Å². The maximum absolute atomic E-state index is 16.6. The molecule has 0 aliphatic carbocycles. The zero-order valence-corrected chi connectivity index (χ0v) is 38.2. The molecule has 5 heteroatoms. The Morgan fingerprint density at radius 1 is 0.468 bits per heavy atom. The number of hydrogen-bond donors (Lipinski definition) is 0. The van der Waals surface area contributed by atoms with E-state index in [4.69, 9.17) is 0 Å². The van der Waals surface area contributed by atoms with Crippen LogP contribution in [0.4, 0.5) is 17.1 Å². The Morgan fingerprint density at radius 2 is 0.887 bits per heavy atom. The smallest absolute Gasteiger partial charge is 0.247 e. The lowest BCUT2D eigenvalue weighted by molar-refractivity contribution is 0.591. The molecule has 0 radical (unpaired) electrons. The van der Waals surface area contributed by atoms with Crippen LogP contribution in [0.2, 0.25) is 0 Å². The fraction of sp³-hybridized carbons (Fsp3) is 0.158. The molecule has 0 aromatic heterocycles. The third-order valence-electron chi connectivity index (χ3n) is 13.2. The van der Waals surface area contributed by atoms with Gasteiger partial charge in [-0.3, -0.25) is 0 Å². The molecule has 2 aliphatic rings. The molecule has 0 saturated carbocycles. The number of benzene rings is 8. The Kier molecular flexibility index (Phi) is 10.3. The molecule has 8 aromatic rings. The molecule has 0 fully saturated rings. The summed E-state index contributed by atoms with van der Waals surface area (Å²) in [6.07, 6.45) is 0. The van der Waals surface area contributed by atoms with Crippen molar-refractivity contribution in [2.75, 3.05) is 4.90 Å². The summed E-state index contributed by atoms with van der Waals surface area (Å²) in [5.41, 5.74) is 11.8. The van der Waals surface area contributed by atoms with Gasteiger partial charge in [-0.2, -0.15) is 0 Å². The minimum Gasteiger partial charge on any atom is -0.312 e. The van der Waals surface area contributed by atoms with Crippen LogP contribution in [-0.4, -0.2) is 6.71 Å². The predicted molar refractivity (Wildman–Crippen MR) is 267 cm³/mol. The standard InChI is InChI=1S/C57H53BNOPS/c1-39(2)42-37-47(40(3)4)57(48(38-42)41(5)6)58-49-25-13-15-27-51(49)59(52-28-16-14-26-50(52)58)43-33-35-44(36-34-43)61(60)53-29-17-19-31-55(53)62(45-21-9-7-10-22-45,46-23-11-8-12-24-46)56-32-20-18-30-54(56)61/h7-41H,1-6H3. The molecule has 0 bridgehead atoms. The number of nitrogens with zero attached hydrogens (tertiary/aromatic N) is 1. The second-order valence-electron chi connectivity index (χ2n) is 17.8. The lowest BCUT2D eigenvalue weighted by Crippen LogP contribution is -2.59. The highest BCUT2D eigenvalue weighted by Gasteiger charge is 2.48. The molecule has 2 heterocycles. The van der Waals surface area contributed by atoms with Gasteiger partial charge in [0.05, 0.1) is 0 Å². The highest BCUT2D eigenvalue weighted by molar-refractivity contribution is 8.34. The molecule has 306 valence electrons. The predicted octanol–water partition coefficient (Wildman–Crippen LogP) is 12.6. The summed E-state index contributed by atoms with van der Waals surface area (Å²) in [5.74, 6) is 1.19. The van der Waals surface area contributed by atoms with Crippen LogP contribution >= 0.6 is 17.2 Å². The minimum absolute atomic E-state index is 0.0806. The second-order valence-corrected chi connectivity index (χ2v) is 23.5. The quantitative estimate of drug-likeness (QED) is 0.112. The molecule has 62 heavy (non-hydrogen) atoms. The highest BCUT2D eigenvalue weighted by Crippen LogP contribution is 2.77. The molecule has 0 unspecified atom stereocenters. The molecular formula is C57H53BNOPS. The molecular weight excluding hydrogens is 788 g/mol. The topological polar surface area (TPSA) is 20.3 Å². The largest absolute Gasteiger partial charge is 0.312 e. The van der Waals surface area contributed by atoms with E-state index in [9.17, 15) is 0 Å². The van der Waals surface area contributed by atoms with Crippen molar-refractivity contribution in [2.45, 2.75) is 78.9 Å². The van der Waals surface area contributed by atoms with Gasteiger partial charge in [-0.25, -0.2) is 0 Å². The van der Waals surface area contributed by atoms with E-state index in [1.807, 2.05) is 0 Å². The molecule has 0 N–H and O–H groups in total. The number of para-hydroxylation sites is 2. The Balaban J connectivity index is 1.14. The molecule has 0 saturated heterocycles. The van der Waals surface area contributed by atoms with Gasteiger partial charge >= 0.3 is 0 Å².